The van der Waals surface area contributed by atoms with Crippen molar-refractivity contribution >= 4 is 22.3 Å². The lowest BCUT2D eigenvalue weighted by atomic mass is 10.1. The van der Waals surface area contributed by atoms with Gasteiger partial charge in [-0.25, -0.2) is 4.98 Å². The second-order valence-corrected chi connectivity index (χ2v) is 6.91. The summed E-state index contributed by atoms with van der Waals surface area (Å²) in [5, 5.41) is 16.8. The second kappa shape index (κ2) is 13.2. The van der Waals surface area contributed by atoms with Gasteiger partial charge < -0.3 is 19.7 Å². The average Bonchev–Trinajstić information content (AvgIpc) is 3.17. The normalized spacial score (nSPS) is 10.5. The molecule has 0 amide bonds. The Hall–Kier alpha value is -3.31. The summed E-state index contributed by atoms with van der Waals surface area (Å²) in [5.74, 6) is 1.24. The number of hydrogen-bond donors (Lipinski definition) is 2. The molecule has 5 nitrogen and oxygen atoms in total. The van der Waals surface area contributed by atoms with Crippen molar-refractivity contribution in [3.8, 4) is 5.75 Å². The van der Waals surface area contributed by atoms with E-state index in [9.17, 15) is 5.11 Å². The predicted molar refractivity (Wildman–Crippen MR) is 138 cm³/mol. The number of allylic oxidation sites excluding steroid dienone is 4. The van der Waals surface area contributed by atoms with Crippen molar-refractivity contribution in [2.75, 3.05) is 19.1 Å². The highest BCUT2D eigenvalue weighted by atomic mass is 16.3. The molecule has 3 rings (SSSR count). The standard InChI is InChI=1S/C24H27N3O.C2H6.CH4O/c1-6-9-19(26(5)20-10-8-11-21(28)15-20)16-24-25-22-14-18(17(3)4)12-13-23(22)27(24)7-2;2*1-2/h6,8-15,28H,1,3,7,16H2,2,4-5H3;1-2H3;2H,1H3/b19-9-;;. The van der Waals surface area contributed by atoms with Gasteiger partial charge in [0.1, 0.15) is 11.6 Å². The number of fused-ring (bicyclic) bond motifs is 1. The van der Waals surface area contributed by atoms with Gasteiger partial charge in [0.15, 0.2) is 0 Å². The molecular weight excluding hydrogens is 398 g/mol. The number of benzene rings is 2. The summed E-state index contributed by atoms with van der Waals surface area (Å²) < 4.78 is 2.24. The lowest BCUT2D eigenvalue weighted by Crippen LogP contribution is -2.19. The number of phenolic OH excluding ortho intramolecular Hbond substituents is 1. The predicted octanol–water partition coefficient (Wildman–Crippen LogP) is 6.18. The summed E-state index contributed by atoms with van der Waals surface area (Å²) in [6.07, 6.45) is 4.43. The maximum Gasteiger partial charge on any atom is 0.117 e. The zero-order valence-corrected chi connectivity index (χ0v) is 20.3. The molecule has 0 atom stereocenters. The minimum absolute atomic E-state index is 0.246. The third kappa shape index (κ3) is 6.34. The van der Waals surface area contributed by atoms with Crippen molar-refractivity contribution in [2.24, 2.45) is 0 Å². The van der Waals surface area contributed by atoms with E-state index < -0.39 is 0 Å². The topological polar surface area (TPSA) is 61.5 Å². The first-order chi connectivity index (χ1) is 15.4. The molecule has 0 aliphatic carbocycles. The van der Waals surface area contributed by atoms with Gasteiger partial charge in [-0.3, -0.25) is 0 Å². The number of nitrogens with zero attached hydrogens (tertiary/aromatic N) is 3. The SMILES string of the molecule is C=C/C=C(/Cc1nc2cc(C(=C)C)ccc2n1CC)N(C)c1cccc(O)c1.CC.CO. The molecule has 0 unspecified atom stereocenters. The lowest BCUT2D eigenvalue weighted by molar-refractivity contribution is 0.399. The number of aliphatic hydroxyl groups is 1. The molecule has 172 valence electrons. The number of aryl methyl sites for hydroxylation is 1. The largest absolute Gasteiger partial charge is 0.508 e. The highest BCUT2D eigenvalue weighted by molar-refractivity contribution is 5.81. The Labute approximate surface area is 192 Å². The van der Waals surface area contributed by atoms with Crippen molar-refractivity contribution < 1.29 is 10.2 Å². The molecule has 0 saturated heterocycles. The van der Waals surface area contributed by atoms with Crippen LogP contribution in [0.25, 0.3) is 16.6 Å². The van der Waals surface area contributed by atoms with E-state index in [-0.39, 0.29) is 5.75 Å². The van der Waals surface area contributed by atoms with Gasteiger partial charge >= 0.3 is 0 Å². The Kier molecular flexibility index (Phi) is 11.0. The first-order valence-corrected chi connectivity index (χ1v) is 10.9. The molecule has 32 heavy (non-hydrogen) atoms. The summed E-state index contributed by atoms with van der Waals surface area (Å²) in [6, 6.07) is 13.6. The Bertz CT molecular complexity index is 1060. The smallest absolute Gasteiger partial charge is 0.117 e. The minimum atomic E-state index is 0.246. The molecule has 2 aromatic carbocycles. The monoisotopic (exact) mass is 435 g/mol. The molecule has 1 aromatic heterocycles. The van der Waals surface area contributed by atoms with Crippen LogP contribution in [0.1, 0.15) is 39.1 Å². The van der Waals surface area contributed by atoms with Gasteiger partial charge in [0, 0.05) is 44.6 Å². The van der Waals surface area contributed by atoms with Crippen LogP contribution in [0.5, 0.6) is 5.75 Å². The number of likely N-dealkylation sites (N-methyl/N-ethyl adjacent to an activating group) is 1. The van der Waals surface area contributed by atoms with Crippen LogP contribution < -0.4 is 4.90 Å². The third-order valence-corrected chi connectivity index (χ3v) is 4.93. The summed E-state index contributed by atoms with van der Waals surface area (Å²) in [7, 11) is 2.99. The number of phenols is 1. The van der Waals surface area contributed by atoms with Crippen molar-refractivity contribution in [1.82, 2.24) is 9.55 Å². The zero-order chi connectivity index (χ0) is 24.3. The second-order valence-electron chi connectivity index (χ2n) is 6.91. The van der Waals surface area contributed by atoms with Gasteiger partial charge in [0.25, 0.3) is 0 Å². The molecule has 0 spiro atoms. The van der Waals surface area contributed by atoms with Gasteiger partial charge in [-0.05, 0) is 49.8 Å². The van der Waals surface area contributed by atoms with Crippen LogP contribution >= 0.6 is 0 Å². The van der Waals surface area contributed by atoms with Crippen LogP contribution in [0.4, 0.5) is 5.69 Å². The zero-order valence-electron chi connectivity index (χ0n) is 20.3. The fraction of sp³-hybridized carbons (Fsp3) is 0.296. The molecule has 0 bridgehead atoms. The third-order valence-electron chi connectivity index (χ3n) is 4.93. The summed E-state index contributed by atoms with van der Waals surface area (Å²) in [5.41, 5.74) is 6.21. The van der Waals surface area contributed by atoms with Crippen LogP contribution in [0, 0.1) is 0 Å². The summed E-state index contributed by atoms with van der Waals surface area (Å²) >= 11 is 0. The molecule has 0 saturated carbocycles. The van der Waals surface area contributed by atoms with Gasteiger partial charge in [-0.2, -0.15) is 0 Å². The van der Waals surface area contributed by atoms with Crippen LogP contribution in [0.15, 0.2) is 73.5 Å². The van der Waals surface area contributed by atoms with Crippen molar-refractivity contribution in [1.29, 1.82) is 0 Å². The van der Waals surface area contributed by atoms with Crippen molar-refractivity contribution in [3.63, 3.8) is 0 Å². The van der Waals surface area contributed by atoms with Gasteiger partial charge in [0.05, 0.1) is 11.0 Å². The van der Waals surface area contributed by atoms with E-state index in [0.29, 0.717) is 6.42 Å². The maximum atomic E-state index is 9.82. The molecule has 3 aromatic rings. The molecule has 0 aliphatic rings. The molecule has 1 heterocycles. The van der Waals surface area contributed by atoms with E-state index >= 15 is 0 Å². The quantitative estimate of drug-likeness (QED) is 0.435. The van der Waals surface area contributed by atoms with Crippen molar-refractivity contribution in [2.45, 2.75) is 40.7 Å². The van der Waals surface area contributed by atoms with Crippen molar-refractivity contribution in [3.05, 3.63) is 84.9 Å². The van der Waals surface area contributed by atoms with Gasteiger partial charge in [-0.1, -0.05) is 50.8 Å². The number of aliphatic hydroxyl groups excluding tert-OH is 1. The maximum absolute atomic E-state index is 9.82. The van der Waals surface area contributed by atoms with E-state index in [4.69, 9.17) is 10.1 Å². The van der Waals surface area contributed by atoms with E-state index in [0.717, 1.165) is 53.0 Å². The Morgan fingerprint density at radius 1 is 1.16 bits per heavy atom. The summed E-state index contributed by atoms with van der Waals surface area (Å²) in [4.78, 5) is 6.97. The fourth-order valence-electron chi connectivity index (χ4n) is 3.39. The number of hydrogen-bond acceptors (Lipinski definition) is 4. The Morgan fingerprint density at radius 3 is 2.41 bits per heavy atom. The van der Waals surface area contributed by atoms with E-state index in [1.165, 1.54) is 0 Å². The average molecular weight is 436 g/mol. The van der Waals surface area contributed by atoms with Crippen LogP contribution in [-0.2, 0) is 13.0 Å². The van der Waals surface area contributed by atoms with Crippen LogP contribution in [0.2, 0.25) is 0 Å². The first-order valence-electron chi connectivity index (χ1n) is 10.9. The van der Waals surface area contributed by atoms with Gasteiger partial charge in [-0.15, -0.1) is 0 Å². The van der Waals surface area contributed by atoms with Gasteiger partial charge in [0.2, 0.25) is 0 Å². The first kappa shape index (κ1) is 26.7. The lowest BCUT2D eigenvalue weighted by Gasteiger charge is -2.23. The Morgan fingerprint density at radius 2 is 1.84 bits per heavy atom. The Balaban J connectivity index is 0.00000121. The number of aromatic nitrogens is 2. The minimum Gasteiger partial charge on any atom is -0.508 e. The van der Waals surface area contributed by atoms with Crippen LogP contribution in [0.3, 0.4) is 0 Å². The van der Waals surface area contributed by atoms with E-state index in [2.05, 4.69) is 47.7 Å². The highest BCUT2D eigenvalue weighted by Gasteiger charge is 2.15. The molecule has 5 heteroatoms. The molecule has 0 aliphatic heterocycles. The number of imidazole rings is 1. The van der Waals surface area contributed by atoms with E-state index in [1.54, 1.807) is 18.2 Å². The highest BCUT2D eigenvalue weighted by Crippen LogP contribution is 2.26. The number of aromatic hydroxyl groups is 1. The number of anilines is 1. The number of rotatable bonds is 7. The van der Waals surface area contributed by atoms with E-state index in [1.807, 2.05) is 46.0 Å². The molecule has 0 radical (unpaired) electrons. The molecule has 0 fully saturated rings. The molecular formula is C27H37N3O2. The summed E-state index contributed by atoms with van der Waals surface area (Å²) in [6.45, 7) is 16.9. The van der Waals surface area contributed by atoms with Crippen LogP contribution in [-0.4, -0.2) is 33.9 Å². The molecule has 2 N–H and O–H groups in total. The fourth-order valence-corrected chi connectivity index (χ4v) is 3.39.